The molecule has 0 amide bonds. The Labute approximate surface area is 131 Å². The number of imidazole rings is 1. The van der Waals surface area contributed by atoms with E-state index in [-0.39, 0.29) is 5.82 Å². The van der Waals surface area contributed by atoms with E-state index in [1.54, 1.807) is 6.07 Å². The van der Waals surface area contributed by atoms with E-state index in [0.717, 1.165) is 43.6 Å². The summed E-state index contributed by atoms with van der Waals surface area (Å²) in [6.45, 7) is 8.35. The molecule has 0 unspecified atom stereocenters. The Balaban J connectivity index is 2.19. The van der Waals surface area contributed by atoms with Crippen LogP contribution in [0.4, 0.5) is 4.39 Å². The van der Waals surface area contributed by atoms with E-state index in [1.165, 1.54) is 6.07 Å². The summed E-state index contributed by atoms with van der Waals surface area (Å²) in [5.41, 5.74) is 1.70. The van der Waals surface area contributed by atoms with E-state index in [0.29, 0.717) is 9.24 Å². The van der Waals surface area contributed by atoms with Crippen molar-refractivity contribution in [1.82, 2.24) is 14.5 Å². The van der Waals surface area contributed by atoms with Gasteiger partial charge in [-0.1, -0.05) is 13.8 Å². The number of rotatable bonds is 6. The maximum atomic E-state index is 13.5. The molecule has 0 fully saturated rings. The molecule has 2 aromatic rings. The van der Waals surface area contributed by atoms with Gasteiger partial charge in [0.2, 0.25) is 0 Å². The highest BCUT2D eigenvalue weighted by Crippen LogP contribution is 2.23. The molecule has 110 valence electrons. The first kappa shape index (κ1) is 15.7. The fourth-order valence-corrected chi connectivity index (χ4v) is 3.00. The van der Waals surface area contributed by atoms with Gasteiger partial charge < -0.3 is 14.5 Å². The van der Waals surface area contributed by atoms with Crippen LogP contribution >= 0.6 is 28.1 Å². The molecule has 3 nitrogen and oxygen atoms in total. The first-order chi connectivity index (χ1) is 9.56. The minimum atomic E-state index is -0.274. The molecule has 0 atom stereocenters. The van der Waals surface area contributed by atoms with Crippen LogP contribution in [0.2, 0.25) is 0 Å². The molecule has 0 radical (unpaired) electrons. The molecule has 1 N–H and O–H groups in total. The van der Waals surface area contributed by atoms with Gasteiger partial charge in [0, 0.05) is 12.6 Å². The monoisotopic (exact) mass is 359 g/mol. The summed E-state index contributed by atoms with van der Waals surface area (Å²) in [7, 11) is 0. The average Bonchev–Trinajstić information content (AvgIpc) is 2.71. The van der Waals surface area contributed by atoms with Crippen molar-refractivity contribution >= 4 is 39.2 Å². The smallest absolute Gasteiger partial charge is 0.178 e. The SMILES string of the molecule is CCN(CC)CCCn1c(=S)[nH]c2cc(F)c(Br)cc21. The van der Waals surface area contributed by atoms with Gasteiger partial charge in [-0.25, -0.2) is 4.39 Å². The van der Waals surface area contributed by atoms with Crippen LogP contribution in [-0.2, 0) is 6.54 Å². The van der Waals surface area contributed by atoms with E-state index in [9.17, 15) is 4.39 Å². The predicted molar refractivity (Wildman–Crippen MR) is 87.2 cm³/mol. The zero-order chi connectivity index (χ0) is 14.7. The summed E-state index contributed by atoms with van der Waals surface area (Å²) in [5, 5.41) is 0. The summed E-state index contributed by atoms with van der Waals surface area (Å²) in [6.07, 6.45) is 1.03. The number of fused-ring (bicyclic) bond motifs is 1. The third-order valence-corrected chi connectivity index (χ3v) is 4.50. The number of aryl methyl sites for hydroxylation is 1. The average molecular weight is 360 g/mol. The highest BCUT2D eigenvalue weighted by molar-refractivity contribution is 9.10. The van der Waals surface area contributed by atoms with Crippen LogP contribution in [0.15, 0.2) is 16.6 Å². The summed E-state index contributed by atoms with van der Waals surface area (Å²) in [5.74, 6) is -0.274. The van der Waals surface area contributed by atoms with Gasteiger partial charge in [0.15, 0.2) is 4.77 Å². The van der Waals surface area contributed by atoms with Crippen LogP contribution in [0, 0.1) is 10.6 Å². The quantitative estimate of drug-likeness (QED) is 0.776. The fraction of sp³-hybridized carbons (Fsp3) is 0.500. The molecule has 0 aliphatic rings. The van der Waals surface area contributed by atoms with Crippen molar-refractivity contribution in [3.05, 3.63) is 27.2 Å². The standard InChI is InChI=1S/C14H19BrFN3S/c1-3-18(4-2)6-5-7-19-13-8-10(15)11(16)9-12(13)17-14(19)20/h8-9H,3-7H2,1-2H3,(H,17,20). The van der Waals surface area contributed by atoms with Gasteiger partial charge in [0.05, 0.1) is 15.5 Å². The molecule has 0 bridgehead atoms. The number of H-pyrrole nitrogens is 1. The van der Waals surface area contributed by atoms with Gasteiger partial charge in [-0.15, -0.1) is 0 Å². The Morgan fingerprint density at radius 2 is 2.05 bits per heavy atom. The van der Waals surface area contributed by atoms with Crippen molar-refractivity contribution < 1.29 is 4.39 Å². The maximum Gasteiger partial charge on any atom is 0.178 e. The third-order valence-electron chi connectivity index (χ3n) is 3.57. The van der Waals surface area contributed by atoms with Crippen molar-refractivity contribution in [3.8, 4) is 0 Å². The zero-order valence-electron chi connectivity index (χ0n) is 11.7. The Kier molecular flexibility index (Phi) is 5.35. The topological polar surface area (TPSA) is 24.0 Å². The van der Waals surface area contributed by atoms with Crippen molar-refractivity contribution in [3.63, 3.8) is 0 Å². The maximum absolute atomic E-state index is 13.5. The molecular weight excluding hydrogens is 341 g/mol. The third kappa shape index (κ3) is 3.30. The van der Waals surface area contributed by atoms with E-state index in [1.807, 2.05) is 4.57 Å². The summed E-state index contributed by atoms with van der Waals surface area (Å²) < 4.78 is 16.7. The van der Waals surface area contributed by atoms with Crippen molar-refractivity contribution in [2.24, 2.45) is 0 Å². The normalized spacial score (nSPS) is 11.7. The molecule has 1 aromatic carbocycles. The van der Waals surface area contributed by atoms with Crippen molar-refractivity contribution in [2.75, 3.05) is 19.6 Å². The molecular formula is C14H19BrFN3S. The van der Waals surface area contributed by atoms with Gasteiger partial charge in [0.1, 0.15) is 5.82 Å². The number of nitrogens with zero attached hydrogens (tertiary/aromatic N) is 2. The second-order valence-electron chi connectivity index (χ2n) is 4.75. The molecule has 0 aliphatic carbocycles. The lowest BCUT2D eigenvalue weighted by Gasteiger charge is -2.17. The number of aromatic nitrogens is 2. The number of nitrogens with one attached hydrogen (secondary N) is 1. The summed E-state index contributed by atoms with van der Waals surface area (Å²) in [6, 6.07) is 3.27. The molecule has 0 aliphatic heterocycles. The molecule has 2 rings (SSSR count). The first-order valence-corrected chi connectivity index (χ1v) is 8.06. The molecule has 0 spiro atoms. The van der Waals surface area contributed by atoms with Crippen LogP contribution in [0.5, 0.6) is 0 Å². The van der Waals surface area contributed by atoms with Gasteiger partial charge in [-0.3, -0.25) is 0 Å². The fourth-order valence-electron chi connectivity index (χ4n) is 2.37. The molecule has 0 saturated heterocycles. The summed E-state index contributed by atoms with van der Waals surface area (Å²) >= 11 is 8.56. The molecule has 6 heteroatoms. The number of benzene rings is 1. The molecule has 0 saturated carbocycles. The molecule has 20 heavy (non-hydrogen) atoms. The lowest BCUT2D eigenvalue weighted by Crippen LogP contribution is -2.24. The second-order valence-corrected chi connectivity index (χ2v) is 5.99. The zero-order valence-corrected chi connectivity index (χ0v) is 14.2. The highest BCUT2D eigenvalue weighted by atomic mass is 79.9. The lowest BCUT2D eigenvalue weighted by molar-refractivity contribution is 0.293. The number of hydrogen-bond donors (Lipinski definition) is 1. The Morgan fingerprint density at radius 1 is 1.35 bits per heavy atom. The van der Waals surface area contributed by atoms with Gasteiger partial charge in [-0.2, -0.15) is 0 Å². The highest BCUT2D eigenvalue weighted by Gasteiger charge is 2.09. The van der Waals surface area contributed by atoms with E-state index < -0.39 is 0 Å². The largest absolute Gasteiger partial charge is 0.330 e. The number of halogens is 2. The second kappa shape index (κ2) is 6.83. The Morgan fingerprint density at radius 3 is 2.70 bits per heavy atom. The van der Waals surface area contributed by atoms with E-state index in [4.69, 9.17) is 12.2 Å². The van der Waals surface area contributed by atoms with Crippen LogP contribution in [0.3, 0.4) is 0 Å². The van der Waals surface area contributed by atoms with E-state index in [2.05, 4.69) is 39.7 Å². The molecule has 1 aromatic heterocycles. The van der Waals surface area contributed by atoms with Crippen LogP contribution in [0.1, 0.15) is 20.3 Å². The van der Waals surface area contributed by atoms with Crippen LogP contribution in [0.25, 0.3) is 11.0 Å². The minimum absolute atomic E-state index is 0.274. The van der Waals surface area contributed by atoms with Gasteiger partial charge >= 0.3 is 0 Å². The summed E-state index contributed by atoms with van der Waals surface area (Å²) in [4.78, 5) is 5.45. The van der Waals surface area contributed by atoms with Crippen molar-refractivity contribution in [2.45, 2.75) is 26.8 Å². The van der Waals surface area contributed by atoms with Crippen LogP contribution < -0.4 is 0 Å². The number of aromatic amines is 1. The Hall–Kier alpha value is -0.720. The van der Waals surface area contributed by atoms with E-state index >= 15 is 0 Å². The van der Waals surface area contributed by atoms with Crippen molar-refractivity contribution in [1.29, 1.82) is 0 Å². The Bertz CT molecular complexity index is 646. The van der Waals surface area contributed by atoms with Gasteiger partial charge in [0.25, 0.3) is 0 Å². The van der Waals surface area contributed by atoms with Gasteiger partial charge in [-0.05, 0) is 60.3 Å². The minimum Gasteiger partial charge on any atom is -0.330 e. The molecule has 1 heterocycles. The lowest BCUT2D eigenvalue weighted by atomic mass is 10.3. The van der Waals surface area contributed by atoms with Crippen LogP contribution in [-0.4, -0.2) is 34.1 Å². The predicted octanol–water partition coefficient (Wildman–Crippen LogP) is 4.33. The first-order valence-electron chi connectivity index (χ1n) is 6.86. The number of hydrogen-bond acceptors (Lipinski definition) is 2.